The number of carbonyl (C=O) groups excluding carboxylic acids is 2. The predicted molar refractivity (Wildman–Crippen MR) is 93.3 cm³/mol. The van der Waals surface area contributed by atoms with Crippen molar-refractivity contribution in [2.45, 2.75) is 25.7 Å². The van der Waals surface area contributed by atoms with Crippen LogP contribution >= 0.6 is 12.2 Å². The van der Waals surface area contributed by atoms with Crippen LogP contribution in [0.4, 0.5) is 0 Å². The van der Waals surface area contributed by atoms with Gasteiger partial charge in [-0.1, -0.05) is 12.8 Å². The summed E-state index contributed by atoms with van der Waals surface area (Å²) in [4.78, 5) is 29.8. The van der Waals surface area contributed by atoms with Crippen LogP contribution in [0.3, 0.4) is 0 Å². The summed E-state index contributed by atoms with van der Waals surface area (Å²) in [5.41, 5.74) is 1.32. The highest BCUT2D eigenvalue weighted by Gasteiger charge is 2.42. The SMILES string of the molecule is CN(C)C(=O)C1(CNC(=O)c2ccc3[nH]c(=S)oc3c2)CCCC1. The van der Waals surface area contributed by atoms with E-state index in [-0.39, 0.29) is 16.7 Å². The zero-order valence-electron chi connectivity index (χ0n) is 13.8. The van der Waals surface area contributed by atoms with E-state index in [4.69, 9.17) is 16.6 Å². The molecule has 128 valence electrons. The number of rotatable bonds is 4. The second kappa shape index (κ2) is 6.39. The van der Waals surface area contributed by atoms with Crippen LogP contribution < -0.4 is 5.32 Å². The molecule has 0 spiro atoms. The molecule has 2 amide bonds. The van der Waals surface area contributed by atoms with E-state index in [0.717, 1.165) is 31.2 Å². The second-order valence-corrected chi connectivity index (χ2v) is 6.97. The average Bonchev–Trinajstić information content (AvgIpc) is 3.17. The molecule has 1 saturated carbocycles. The molecule has 1 aliphatic rings. The van der Waals surface area contributed by atoms with E-state index in [1.54, 1.807) is 37.2 Å². The molecule has 3 rings (SSSR count). The van der Waals surface area contributed by atoms with Gasteiger partial charge in [0, 0.05) is 26.2 Å². The van der Waals surface area contributed by atoms with Gasteiger partial charge in [-0.15, -0.1) is 0 Å². The minimum atomic E-state index is -0.477. The molecule has 0 aliphatic heterocycles. The summed E-state index contributed by atoms with van der Waals surface area (Å²) in [5.74, 6) is -0.121. The summed E-state index contributed by atoms with van der Waals surface area (Å²) in [6, 6.07) is 5.14. The summed E-state index contributed by atoms with van der Waals surface area (Å²) in [6.07, 6.45) is 3.67. The van der Waals surface area contributed by atoms with Crippen molar-refractivity contribution in [1.82, 2.24) is 15.2 Å². The number of benzene rings is 1. The van der Waals surface area contributed by atoms with Crippen LogP contribution in [-0.4, -0.2) is 42.3 Å². The molecule has 24 heavy (non-hydrogen) atoms. The van der Waals surface area contributed by atoms with Crippen LogP contribution in [0.5, 0.6) is 0 Å². The standard InChI is InChI=1S/C17H21N3O3S/c1-20(2)15(22)17(7-3-4-8-17)10-18-14(21)11-5-6-12-13(9-11)23-16(24)19-12/h5-6,9H,3-4,7-8,10H2,1-2H3,(H,18,21)(H,19,24). The lowest BCUT2D eigenvalue weighted by atomic mass is 9.84. The molecule has 1 heterocycles. The number of nitrogens with one attached hydrogen (secondary N) is 2. The van der Waals surface area contributed by atoms with E-state index in [9.17, 15) is 9.59 Å². The molecule has 2 aromatic rings. The van der Waals surface area contributed by atoms with Crippen LogP contribution in [0.2, 0.25) is 0 Å². The van der Waals surface area contributed by atoms with Crippen LogP contribution in [0.25, 0.3) is 11.1 Å². The number of H-pyrrole nitrogens is 1. The molecule has 1 aromatic carbocycles. The fourth-order valence-electron chi connectivity index (χ4n) is 3.43. The van der Waals surface area contributed by atoms with Gasteiger partial charge in [-0.05, 0) is 43.3 Å². The number of oxazole rings is 1. The number of aromatic nitrogens is 1. The van der Waals surface area contributed by atoms with Gasteiger partial charge in [-0.25, -0.2) is 0 Å². The van der Waals surface area contributed by atoms with E-state index < -0.39 is 5.41 Å². The Bertz CT molecular complexity index is 831. The molecule has 0 bridgehead atoms. The van der Waals surface area contributed by atoms with Gasteiger partial charge in [0.25, 0.3) is 10.7 Å². The highest BCUT2D eigenvalue weighted by atomic mass is 32.1. The van der Waals surface area contributed by atoms with E-state index in [1.807, 2.05) is 0 Å². The maximum absolute atomic E-state index is 12.5. The third-order valence-electron chi connectivity index (χ3n) is 4.69. The Kier molecular flexibility index (Phi) is 4.45. The van der Waals surface area contributed by atoms with E-state index >= 15 is 0 Å². The van der Waals surface area contributed by atoms with Crippen LogP contribution in [0.1, 0.15) is 36.0 Å². The Morgan fingerprint density at radius 2 is 2.04 bits per heavy atom. The van der Waals surface area contributed by atoms with Crippen molar-refractivity contribution in [3.8, 4) is 0 Å². The highest BCUT2D eigenvalue weighted by molar-refractivity contribution is 7.71. The van der Waals surface area contributed by atoms with Crippen molar-refractivity contribution in [1.29, 1.82) is 0 Å². The molecule has 1 fully saturated rings. The Hall–Kier alpha value is -2.15. The predicted octanol–water partition coefficient (Wildman–Crippen LogP) is 2.87. The molecule has 1 aliphatic carbocycles. The summed E-state index contributed by atoms with van der Waals surface area (Å²) in [7, 11) is 3.52. The zero-order chi connectivity index (χ0) is 17.3. The van der Waals surface area contributed by atoms with Crippen molar-refractivity contribution < 1.29 is 14.0 Å². The first-order chi connectivity index (χ1) is 11.4. The smallest absolute Gasteiger partial charge is 0.266 e. The number of aromatic amines is 1. The maximum atomic E-state index is 12.5. The number of amides is 2. The van der Waals surface area contributed by atoms with Crippen LogP contribution in [0.15, 0.2) is 22.6 Å². The van der Waals surface area contributed by atoms with Gasteiger partial charge in [0.1, 0.15) is 0 Å². The number of hydrogen-bond acceptors (Lipinski definition) is 4. The summed E-state index contributed by atoms with van der Waals surface area (Å²) in [5, 5.41) is 2.92. The fraction of sp³-hybridized carbons (Fsp3) is 0.471. The maximum Gasteiger partial charge on any atom is 0.266 e. The molecule has 0 radical (unpaired) electrons. The highest BCUT2D eigenvalue weighted by Crippen LogP contribution is 2.39. The monoisotopic (exact) mass is 347 g/mol. The first kappa shape index (κ1) is 16.7. The Morgan fingerprint density at radius 3 is 2.71 bits per heavy atom. The molecule has 0 saturated heterocycles. The van der Waals surface area contributed by atoms with Gasteiger partial charge in [-0.2, -0.15) is 0 Å². The largest absolute Gasteiger partial charge is 0.429 e. The first-order valence-electron chi connectivity index (χ1n) is 8.04. The fourth-order valence-corrected chi connectivity index (χ4v) is 3.63. The Balaban J connectivity index is 1.75. The molecule has 1 aromatic heterocycles. The molecule has 0 atom stereocenters. The first-order valence-corrected chi connectivity index (χ1v) is 8.45. The van der Waals surface area contributed by atoms with E-state index in [2.05, 4.69) is 10.3 Å². The van der Waals surface area contributed by atoms with Crippen molar-refractivity contribution in [3.05, 3.63) is 28.6 Å². The van der Waals surface area contributed by atoms with Crippen LogP contribution in [-0.2, 0) is 4.79 Å². The summed E-state index contributed by atoms with van der Waals surface area (Å²) < 4.78 is 5.34. The van der Waals surface area contributed by atoms with Gasteiger partial charge in [-0.3, -0.25) is 9.59 Å². The van der Waals surface area contributed by atoms with E-state index in [0.29, 0.717) is 17.7 Å². The Morgan fingerprint density at radius 1 is 1.33 bits per heavy atom. The normalized spacial score (nSPS) is 16.2. The minimum absolute atomic E-state index is 0.0899. The molecule has 0 unspecified atom stereocenters. The van der Waals surface area contributed by atoms with Gasteiger partial charge >= 0.3 is 0 Å². The number of carbonyl (C=O) groups is 2. The molecule has 6 nitrogen and oxygen atoms in total. The molecular formula is C17H21N3O3S. The third kappa shape index (κ3) is 3.08. The van der Waals surface area contributed by atoms with Gasteiger partial charge in [0.05, 0.1) is 10.9 Å². The summed E-state index contributed by atoms with van der Waals surface area (Å²) in [6.45, 7) is 0.359. The number of nitrogens with zero attached hydrogens (tertiary/aromatic N) is 1. The van der Waals surface area contributed by atoms with E-state index in [1.165, 1.54) is 0 Å². The molecule has 2 N–H and O–H groups in total. The van der Waals surface area contributed by atoms with Crippen molar-refractivity contribution in [3.63, 3.8) is 0 Å². The lowest BCUT2D eigenvalue weighted by Gasteiger charge is -2.30. The number of fused-ring (bicyclic) bond motifs is 1. The minimum Gasteiger partial charge on any atom is -0.429 e. The average molecular weight is 347 g/mol. The van der Waals surface area contributed by atoms with Gasteiger partial charge < -0.3 is 19.6 Å². The van der Waals surface area contributed by atoms with Crippen molar-refractivity contribution in [2.75, 3.05) is 20.6 Å². The Labute approximate surface area is 145 Å². The van der Waals surface area contributed by atoms with Gasteiger partial charge in [0.15, 0.2) is 5.58 Å². The number of hydrogen-bond donors (Lipinski definition) is 2. The van der Waals surface area contributed by atoms with Crippen molar-refractivity contribution in [2.24, 2.45) is 5.41 Å². The zero-order valence-corrected chi connectivity index (χ0v) is 14.7. The lowest BCUT2D eigenvalue weighted by molar-refractivity contribution is -0.138. The third-order valence-corrected chi connectivity index (χ3v) is 4.88. The van der Waals surface area contributed by atoms with Crippen molar-refractivity contribution >= 4 is 35.1 Å². The quantitative estimate of drug-likeness (QED) is 0.834. The summed E-state index contributed by atoms with van der Waals surface area (Å²) >= 11 is 4.95. The van der Waals surface area contributed by atoms with Gasteiger partial charge in [0.2, 0.25) is 5.91 Å². The lowest BCUT2D eigenvalue weighted by Crippen LogP contribution is -2.46. The second-order valence-electron chi connectivity index (χ2n) is 6.60. The van der Waals surface area contributed by atoms with Crippen LogP contribution in [0, 0.1) is 10.3 Å². The topological polar surface area (TPSA) is 78.3 Å². The molecule has 7 heteroatoms. The molecular weight excluding hydrogens is 326 g/mol.